The molecule has 1 aliphatic heterocycles. The van der Waals surface area contributed by atoms with E-state index in [1.807, 2.05) is 35.0 Å². The largest absolute Gasteiger partial charge is 0.352 e. The molecule has 1 unspecified atom stereocenters. The standard InChI is InChI=1S/C17H22N4O/c22-17(20-11-15-2-1-7-18-10-15)16-5-3-14(4-6-16)12-21-9-8-19-13-21/h3-6,8-9,13,15,18H,1-2,7,10-12H2,(H,20,22). The molecule has 5 nitrogen and oxygen atoms in total. The van der Waals surface area contributed by atoms with Crippen molar-refractivity contribution in [1.29, 1.82) is 0 Å². The van der Waals surface area contributed by atoms with Crippen LogP contribution in [0.2, 0.25) is 0 Å². The zero-order valence-corrected chi connectivity index (χ0v) is 12.7. The molecule has 0 saturated carbocycles. The summed E-state index contributed by atoms with van der Waals surface area (Å²) in [4.78, 5) is 16.2. The van der Waals surface area contributed by atoms with Gasteiger partial charge in [0.2, 0.25) is 0 Å². The third-order valence-corrected chi connectivity index (χ3v) is 4.09. The van der Waals surface area contributed by atoms with Gasteiger partial charge in [0.25, 0.3) is 5.91 Å². The van der Waals surface area contributed by atoms with E-state index in [-0.39, 0.29) is 5.91 Å². The molecule has 0 radical (unpaired) electrons. The predicted molar refractivity (Wildman–Crippen MR) is 85.7 cm³/mol. The van der Waals surface area contributed by atoms with E-state index in [4.69, 9.17) is 0 Å². The van der Waals surface area contributed by atoms with E-state index in [1.165, 1.54) is 12.8 Å². The summed E-state index contributed by atoms with van der Waals surface area (Å²) in [6.45, 7) is 3.63. The van der Waals surface area contributed by atoms with Crippen LogP contribution in [-0.2, 0) is 6.54 Å². The van der Waals surface area contributed by atoms with E-state index in [0.29, 0.717) is 5.92 Å². The average Bonchev–Trinajstić information content (AvgIpc) is 3.07. The minimum Gasteiger partial charge on any atom is -0.352 e. The molecule has 1 atom stereocenters. The summed E-state index contributed by atoms with van der Waals surface area (Å²) in [5.41, 5.74) is 1.88. The lowest BCUT2D eigenvalue weighted by Crippen LogP contribution is -2.38. The number of amides is 1. The van der Waals surface area contributed by atoms with Crippen LogP contribution in [0.15, 0.2) is 43.0 Å². The van der Waals surface area contributed by atoms with Crippen LogP contribution in [0.25, 0.3) is 0 Å². The quantitative estimate of drug-likeness (QED) is 0.882. The second kappa shape index (κ2) is 7.22. The van der Waals surface area contributed by atoms with Gasteiger partial charge in [-0.3, -0.25) is 4.79 Å². The van der Waals surface area contributed by atoms with Crippen molar-refractivity contribution < 1.29 is 4.79 Å². The van der Waals surface area contributed by atoms with E-state index >= 15 is 0 Å². The van der Waals surface area contributed by atoms with E-state index < -0.39 is 0 Å². The maximum atomic E-state index is 12.2. The Hall–Kier alpha value is -2.14. The molecule has 1 saturated heterocycles. The van der Waals surface area contributed by atoms with Gasteiger partial charge in [0.15, 0.2) is 0 Å². The molecule has 1 amide bonds. The fraction of sp³-hybridized carbons (Fsp3) is 0.412. The molecule has 2 heterocycles. The lowest BCUT2D eigenvalue weighted by atomic mass is 9.99. The highest BCUT2D eigenvalue weighted by Gasteiger charge is 2.14. The van der Waals surface area contributed by atoms with Crippen molar-refractivity contribution in [2.45, 2.75) is 19.4 Å². The van der Waals surface area contributed by atoms with Gasteiger partial charge in [-0.15, -0.1) is 0 Å². The van der Waals surface area contributed by atoms with Gasteiger partial charge < -0.3 is 15.2 Å². The van der Waals surface area contributed by atoms with Gasteiger partial charge in [-0.2, -0.15) is 0 Å². The Bertz CT molecular complexity index is 586. The second-order valence-corrected chi connectivity index (χ2v) is 5.85. The number of carbonyl (C=O) groups excluding carboxylic acids is 1. The highest BCUT2D eigenvalue weighted by molar-refractivity contribution is 5.94. The fourth-order valence-electron chi connectivity index (χ4n) is 2.79. The number of piperidine rings is 1. The first-order valence-corrected chi connectivity index (χ1v) is 7.85. The van der Waals surface area contributed by atoms with Crippen molar-refractivity contribution in [3.63, 3.8) is 0 Å². The van der Waals surface area contributed by atoms with Crippen LogP contribution in [0.3, 0.4) is 0 Å². The second-order valence-electron chi connectivity index (χ2n) is 5.85. The van der Waals surface area contributed by atoms with Crippen LogP contribution in [0.1, 0.15) is 28.8 Å². The van der Waals surface area contributed by atoms with Gasteiger partial charge in [0, 0.05) is 31.0 Å². The monoisotopic (exact) mass is 298 g/mol. The number of aromatic nitrogens is 2. The molecule has 116 valence electrons. The lowest BCUT2D eigenvalue weighted by Gasteiger charge is -2.22. The van der Waals surface area contributed by atoms with E-state index in [9.17, 15) is 4.79 Å². The van der Waals surface area contributed by atoms with Crippen molar-refractivity contribution in [3.8, 4) is 0 Å². The van der Waals surface area contributed by atoms with Gasteiger partial charge >= 0.3 is 0 Å². The minimum atomic E-state index is 0.0137. The molecule has 1 aromatic heterocycles. The zero-order chi connectivity index (χ0) is 15.2. The fourth-order valence-corrected chi connectivity index (χ4v) is 2.79. The summed E-state index contributed by atoms with van der Waals surface area (Å²) in [6.07, 6.45) is 7.88. The molecule has 2 N–H and O–H groups in total. The van der Waals surface area contributed by atoms with E-state index in [0.717, 1.165) is 37.3 Å². The first kappa shape index (κ1) is 14.8. The van der Waals surface area contributed by atoms with Gasteiger partial charge in [0.1, 0.15) is 0 Å². The molecule has 3 rings (SSSR count). The van der Waals surface area contributed by atoms with Crippen molar-refractivity contribution in [2.24, 2.45) is 5.92 Å². The Balaban J connectivity index is 1.51. The molecule has 5 heteroatoms. The summed E-state index contributed by atoms with van der Waals surface area (Å²) in [5, 5.41) is 6.41. The number of nitrogens with one attached hydrogen (secondary N) is 2. The SMILES string of the molecule is O=C(NCC1CCCNC1)c1ccc(Cn2ccnc2)cc1. The van der Waals surface area contributed by atoms with Gasteiger partial charge in [0.05, 0.1) is 6.33 Å². The number of benzene rings is 1. The van der Waals surface area contributed by atoms with Crippen LogP contribution < -0.4 is 10.6 Å². The van der Waals surface area contributed by atoms with Crippen LogP contribution in [0.4, 0.5) is 0 Å². The van der Waals surface area contributed by atoms with E-state index in [2.05, 4.69) is 15.6 Å². The van der Waals surface area contributed by atoms with Crippen molar-refractivity contribution >= 4 is 5.91 Å². The van der Waals surface area contributed by atoms with Crippen LogP contribution in [0.5, 0.6) is 0 Å². The van der Waals surface area contributed by atoms with Gasteiger partial charge in [-0.1, -0.05) is 12.1 Å². The summed E-state index contributed by atoms with van der Waals surface area (Å²) < 4.78 is 2.01. The molecule has 0 spiro atoms. The maximum absolute atomic E-state index is 12.2. The summed E-state index contributed by atoms with van der Waals surface area (Å²) in [5.74, 6) is 0.568. The molecular formula is C17H22N4O. The Kier molecular flexibility index (Phi) is 4.85. The summed E-state index contributed by atoms with van der Waals surface area (Å²) >= 11 is 0. The Morgan fingerprint density at radius 2 is 2.23 bits per heavy atom. The topological polar surface area (TPSA) is 59.0 Å². The Morgan fingerprint density at radius 3 is 2.91 bits per heavy atom. The molecular weight excluding hydrogens is 276 g/mol. The zero-order valence-electron chi connectivity index (χ0n) is 12.7. The summed E-state index contributed by atoms with van der Waals surface area (Å²) in [6, 6.07) is 7.77. The van der Waals surface area contributed by atoms with E-state index in [1.54, 1.807) is 12.5 Å². The first-order chi connectivity index (χ1) is 10.8. The minimum absolute atomic E-state index is 0.0137. The number of nitrogens with zero attached hydrogens (tertiary/aromatic N) is 2. The predicted octanol–water partition coefficient (Wildman–Crippen LogP) is 1.66. The number of imidazole rings is 1. The number of carbonyl (C=O) groups is 1. The highest BCUT2D eigenvalue weighted by atomic mass is 16.1. The van der Waals surface area contributed by atoms with Crippen molar-refractivity contribution in [2.75, 3.05) is 19.6 Å². The Morgan fingerprint density at radius 1 is 1.36 bits per heavy atom. The number of hydrogen-bond acceptors (Lipinski definition) is 3. The maximum Gasteiger partial charge on any atom is 0.251 e. The van der Waals surface area contributed by atoms with Crippen molar-refractivity contribution in [3.05, 3.63) is 54.1 Å². The number of hydrogen-bond donors (Lipinski definition) is 2. The van der Waals surface area contributed by atoms with Crippen LogP contribution in [0, 0.1) is 5.92 Å². The molecule has 1 fully saturated rings. The molecule has 2 aromatic rings. The number of rotatable bonds is 5. The molecule has 0 aliphatic carbocycles. The average molecular weight is 298 g/mol. The third-order valence-electron chi connectivity index (χ3n) is 4.09. The molecule has 1 aromatic carbocycles. The normalized spacial score (nSPS) is 18.1. The Labute approximate surface area is 130 Å². The van der Waals surface area contributed by atoms with Gasteiger partial charge in [-0.25, -0.2) is 4.98 Å². The van der Waals surface area contributed by atoms with Gasteiger partial charge in [-0.05, 0) is 49.5 Å². The molecule has 22 heavy (non-hydrogen) atoms. The van der Waals surface area contributed by atoms with Crippen LogP contribution >= 0.6 is 0 Å². The van der Waals surface area contributed by atoms with Crippen LogP contribution in [-0.4, -0.2) is 35.1 Å². The lowest BCUT2D eigenvalue weighted by molar-refractivity contribution is 0.0945. The first-order valence-electron chi connectivity index (χ1n) is 7.85. The summed E-state index contributed by atoms with van der Waals surface area (Å²) in [7, 11) is 0. The smallest absolute Gasteiger partial charge is 0.251 e. The third kappa shape index (κ3) is 3.95. The highest BCUT2D eigenvalue weighted by Crippen LogP contribution is 2.10. The molecule has 0 bridgehead atoms. The molecule has 1 aliphatic rings. The van der Waals surface area contributed by atoms with Crippen molar-refractivity contribution in [1.82, 2.24) is 20.2 Å².